The van der Waals surface area contributed by atoms with E-state index in [-0.39, 0.29) is 0 Å². The molecule has 0 aliphatic carbocycles. The van der Waals surface area contributed by atoms with Crippen molar-refractivity contribution in [1.29, 1.82) is 0 Å². The lowest BCUT2D eigenvalue weighted by molar-refractivity contribution is 0.434. The molecule has 0 unspecified atom stereocenters. The largest absolute Gasteiger partial charge is 0.422 e. The smallest absolute Gasteiger partial charge is 0.401 e. The molecule has 3 nitrogen and oxygen atoms in total. The Labute approximate surface area is 61.3 Å². The van der Waals surface area contributed by atoms with Gasteiger partial charge in [-0.2, -0.15) is 0 Å². The van der Waals surface area contributed by atoms with Crippen molar-refractivity contribution in [3.63, 3.8) is 0 Å². The lowest BCUT2D eigenvalue weighted by atomic mass is 10.3. The first-order chi connectivity index (χ1) is 4.86. The third kappa shape index (κ3) is 1.61. The molecular weight excluding hydrogens is 127 g/mol. The van der Waals surface area contributed by atoms with Crippen molar-refractivity contribution in [2.75, 3.05) is 7.11 Å². The van der Waals surface area contributed by atoms with Gasteiger partial charge >= 0.3 is 7.62 Å². The fraction of sp³-hybridized carbons (Fsp3) is 0.500. The molecule has 0 fully saturated rings. The minimum atomic E-state index is 0.590. The fourth-order valence-corrected chi connectivity index (χ4v) is 0.809. The van der Waals surface area contributed by atoms with E-state index in [0.717, 1.165) is 12.1 Å². The van der Waals surface area contributed by atoms with Crippen molar-refractivity contribution in [3.8, 4) is 0 Å². The summed E-state index contributed by atoms with van der Waals surface area (Å²) in [6, 6.07) is 0. The van der Waals surface area contributed by atoms with Gasteiger partial charge in [0.2, 0.25) is 0 Å². The minimum Gasteiger partial charge on any atom is -0.422 e. The Hall–Kier alpha value is -0.765. The Bertz CT molecular complexity index is 199. The molecule has 0 aliphatic rings. The molecule has 0 amide bonds. The van der Waals surface area contributed by atoms with E-state index in [9.17, 15) is 0 Å². The number of aryl methyl sites for hydroxylation is 1. The number of hydrogen-bond acceptors (Lipinski definition) is 2. The molecule has 0 saturated carbocycles. The molecule has 0 aromatic carbocycles. The predicted molar refractivity (Wildman–Crippen MR) is 41.2 cm³/mol. The topological polar surface area (TPSA) is 27.1 Å². The van der Waals surface area contributed by atoms with Gasteiger partial charge in [0.15, 0.2) is 0 Å². The highest BCUT2D eigenvalue weighted by atomic mass is 16.4. The van der Waals surface area contributed by atoms with E-state index < -0.39 is 0 Å². The maximum absolute atomic E-state index is 4.91. The normalized spacial score (nSPS) is 9.80. The van der Waals surface area contributed by atoms with Crippen LogP contribution in [0.3, 0.4) is 0 Å². The maximum atomic E-state index is 4.91. The number of rotatable bonds is 3. The summed E-state index contributed by atoms with van der Waals surface area (Å²) in [5, 5.41) is 0. The van der Waals surface area contributed by atoms with Crippen molar-refractivity contribution in [3.05, 3.63) is 18.2 Å². The fourth-order valence-electron chi connectivity index (χ4n) is 0.809. The zero-order valence-electron chi connectivity index (χ0n) is 6.37. The zero-order valence-corrected chi connectivity index (χ0v) is 6.37. The molecule has 0 spiro atoms. The molecule has 10 heavy (non-hydrogen) atoms. The van der Waals surface area contributed by atoms with E-state index in [2.05, 4.69) is 11.9 Å². The molecule has 0 N–H and O–H groups in total. The van der Waals surface area contributed by atoms with Crippen LogP contribution < -0.4 is 0 Å². The van der Waals surface area contributed by atoms with Gasteiger partial charge in [-0.3, -0.25) is 0 Å². The van der Waals surface area contributed by atoms with Gasteiger partial charge in [-0.05, 0) is 6.42 Å². The quantitative estimate of drug-likeness (QED) is 0.558. The Balaban J connectivity index is 2.59. The lowest BCUT2D eigenvalue weighted by Crippen LogP contribution is -2.05. The van der Waals surface area contributed by atoms with Crippen LogP contribution in [0.1, 0.15) is 12.6 Å². The van der Waals surface area contributed by atoms with E-state index in [1.807, 2.05) is 10.7 Å². The van der Waals surface area contributed by atoms with Crippen molar-refractivity contribution < 1.29 is 4.65 Å². The molecule has 0 bridgehead atoms. The average Bonchev–Trinajstić information content (AvgIpc) is 2.37. The summed E-state index contributed by atoms with van der Waals surface area (Å²) in [7, 11) is 2.26. The van der Waals surface area contributed by atoms with Crippen molar-refractivity contribution in [2.24, 2.45) is 0 Å². The second-order valence-corrected chi connectivity index (χ2v) is 2.15. The summed E-state index contributed by atoms with van der Waals surface area (Å²) < 4.78 is 6.82. The standard InChI is InChI=1S/C6H11BN2O/c1-3-6-4-9(5-8-6)7-10-2/h4-5,7H,3H2,1-2H3. The van der Waals surface area contributed by atoms with E-state index >= 15 is 0 Å². The minimum absolute atomic E-state index is 0.590. The van der Waals surface area contributed by atoms with Gasteiger partial charge in [-0.25, -0.2) is 4.98 Å². The van der Waals surface area contributed by atoms with E-state index in [1.165, 1.54) is 0 Å². The first kappa shape index (κ1) is 7.34. The Kier molecular flexibility index (Phi) is 2.51. The van der Waals surface area contributed by atoms with E-state index in [1.54, 1.807) is 13.4 Å². The van der Waals surface area contributed by atoms with Gasteiger partial charge in [0, 0.05) is 13.3 Å². The molecule has 0 radical (unpaired) electrons. The summed E-state index contributed by atoms with van der Waals surface area (Å²) in [4.78, 5) is 4.14. The van der Waals surface area contributed by atoms with Gasteiger partial charge in [-0.15, -0.1) is 0 Å². The van der Waals surface area contributed by atoms with Gasteiger partial charge in [-0.1, -0.05) is 6.92 Å². The molecule has 0 saturated heterocycles. The summed E-state index contributed by atoms with van der Waals surface area (Å²) in [6.07, 6.45) is 4.75. The third-order valence-corrected chi connectivity index (χ3v) is 1.33. The molecule has 0 atom stereocenters. The van der Waals surface area contributed by atoms with Crippen LogP contribution in [0.4, 0.5) is 0 Å². The van der Waals surface area contributed by atoms with E-state index in [4.69, 9.17) is 4.65 Å². The second-order valence-electron chi connectivity index (χ2n) is 2.15. The third-order valence-electron chi connectivity index (χ3n) is 1.33. The zero-order chi connectivity index (χ0) is 7.40. The van der Waals surface area contributed by atoms with Crippen LogP contribution in [0.5, 0.6) is 0 Å². The molecule has 54 valence electrons. The molecule has 1 aromatic heterocycles. The first-order valence-electron chi connectivity index (χ1n) is 3.36. The SMILES string of the molecule is CCc1cn(BOC)cn1. The summed E-state index contributed by atoms with van der Waals surface area (Å²) in [5.74, 6) is 0. The summed E-state index contributed by atoms with van der Waals surface area (Å²) in [5.41, 5.74) is 1.11. The Morgan fingerprint density at radius 1 is 1.80 bits per heavy atom. The second kappa shape index (κ2) is 3.41. The van der Waals surface area contributed by atoms with Gasteiger partial charge in [0.1, 0.15) is 0 Å². The summed E-state index contributed by atoms with van der Waals surface area (Å²) >= 11 is 0. The lowest BCUT2D eigenvalue weighted by Gasteiger charge is -1.92. The molecule has 1 rings (SSSR count). The Morgan fingerprint density at radius 3 is 3.10 bits per heavy atom. The molecule has 0 aliphatic heterocycles. The molecule has 4 heteroatoms. The van der Waals surface area contributed by atoms with Crippen LogP contribution in [-0.2, 0) is 11.1 Å². The monoisotopic (exact) mass is 138 g/mol. The number of nitrogens with zero attached hydrogens (tertiary/aromatic N) is 2. The van der Waals surface area contributed by atoms with Crippen molar-refractivity contribution >= 4 is 7.62 Å². The first-order valence-corrected chi connectivity index (χ1v) is 3.36. The number of hydrogen-bond donors (Lipinski definition) is 0. The molecule has 1 heterocycles. The van der Waals surface area contributed by atoms with Gasteiger partial charge < -0.3 is 9.13 Å². The van der Waals surface area contributed by atoms with Crippen LogP contribution in [0.2, 0.25) is 0 Å². The van der Waals surface area contributed by atoms with Gasteiger partial charge in [0.25, 0.3) is 0 Å². The van der Waals surface area contributed by atoms with Gasteiger partial charge in [0.05, 0.1) is 12.0 Å². The average molecular weight is 138 g/mol. The maximum Gasteiger partial charge on any atom is 0.401 e. The molecule has 1 aromatic rings. The molecular formula is C6H11BN2O. The van der Waals surface area contributed by atoms with Crippen LogP contribution in [0.25, 0.3) is 0 Å². The Morgan fingerprint density at radius 2 is 2.60 bits per heavy atom. The van der Waals surface area contributed by atoms with Crippen LogP contribution in [-0.4, -0.2) is 24.2 Å². The van der Waals surface area contributed by atoms with Crippen LogP contribution in [0.15, 0.2) is 12.5 Å². The summed E-state index contributed by atoms with van der Waals surface area (Å²) in [6.45, 7) is 2.08. The van der Waals surface area contributed by atoms with Crippen molar-refractivity contribution in [1.82, 2.24) is 9.46 Å². The highest BCUT2D eigenvalue weighted by molar-refractivity contribution is 6.24. The van der Waals surface area contributed by atoms with Crippen LogP contribution in [0, 0.1) is 0 Å². The van der Waals surface area contributed by atoms with Crippen molar-refractivity contribution in [2.45, 2.75) is 13.3 Å². The van der Waals surface area contributed by atoms with Crippen LogP contribution >= 0.6 is 0 Å². The predicted octanol–water partition coefficient (Wildman–Crippen LogP) is 0.206. The number of aromatic nitrogens is 2. The highest BCUT2D eigenvalue weighted by Crippen LogP contribution is 1.93. The number of imidazole rings is 1. The highest BCUT2D eigenvalue weighted by Gasteiger charge is 1.95. The van der Waals surface area contributed by atoms with E-state index in [0.29, 0.717) is 7.62 Å².